The van der Waals surface area contributed by atoms with Gasteiger partial charge in [0.2, 0.25) is 5.91 Å². The summed E-state index contributed by atoms with van der Waals surface area (Å²) >= 11 is 0. The van der Waals surface area contributed by atoms with E-state index in [1.807, 2.05) is 4.90 Å². The lowest BCUT2D eigenvalue weighted by Crippen LogP contribution is -2.30. The van der Waals surface area contributed by atoms with Gasteiger partial charge in [-0.15, -0.1) is 0 Å². The normalized spacial score (nSPS) is 19.3. The molecule has 1 saturated carbocycles. The number of halogens is 3. The summed E-state index contributed by atoms with van der Waals surface area (Å²) in [5.41, 5.74) is 2.47. The molecule has 2 aromatic carbocycles. The lowest BCUT2D eigenvalue weighted by Gasteiger charge is -2.16. The highest BCUT2D eigenvalue weighted by molar-refractivity contribution is 5.91. The van der Waals surface area contributed by atoms with Crippen molar-refractivity contribution in [2.24, 2.45) is 11.8 Å². The zero-order chi connectivity index (χ0) is 20.1. The molecule has 1 aromatic heterocycles. The molecule has 1 aliphatic carbocycles. The monoisotopic (exact) mass is 398 g/mol. The van der Waals surface area contributed by atoms with E-state index < -0.39 is 11.6 Å². The summed E-state index contributed by atoms with van der Waals surface area (Å²) in [6, 6.07) is 8.19. The van der Waals surface area contributed by atoms with Gasteiger partial charge in [-0.25, -0.2) is 13.2 Å². The van der Waals surface area contributed by atoms with Crippen molar-refractivity contribution in [2.75, 3.05) is 13.1 Å². The van der Waals surface area contributed by atoms with E-state index in [2.05, 4.69) is 4.98 Å². The molecule has 5 rings (SSSR count). The van der Waals surface area contributed by atoms with Gasteiger partial charge in [-0.3, -0.25) is 4.79 Å². The van der Waals surface area contributed by atoms with Crippen molar-refractivity contribution in [2.45, 2.75) is 25.7 Å². The summed E-state index contributed by atoms with van der Waals surface area (Å²) in [6.07, 6.45) is 3.43. The van der Waals surface area contributed by atoms with Crippen LogP contribution >= 0.6 is 0 Å². The molecule has 0 radical (unpaired) electrons. The van der Waals surface area contributed by atoms with E-state index in [-0.39, 0.29) is 29.1 Å². The standard InChI is InChI=1S/C23H21F3N2O/c24-16-5-3-14(4-6-16)21-18(19-10-17(25)11-20(26)22(19)27-21)9-13-7-8-28(12-13)23(29)15-1-2-15/h3-6,10-11,13,15,27H,1-2,7-9,12H2. The zero-order valence-corrected chi connectivity index (χ0v) is 15.9. The first-order valence-electron chi connectivity index (χ1n) is 10.0. The van der Waals surface area contributed by atoms with Gasteiger partial charge in [-0.2, -0.15) is 0 Å². The summed E-state index contributed by atoms with van der Waals surface area (Å²) in [4.78, 5) is 17.4. The van der Waals surface area contributed by atoms with Crippen LogP contribution in [0.25, 0.3) is 22.2 Å². The molecule has 1 atom stereocenters. The SMILES string of the molecule is O=C(C1CC1)N1CCC(Cc2c(-c3ccc(F)cc3)[nH]c3c(F)cc(F)cc23)C1. The summed E-state index contributed by atoms with van der Waals surface area (Å²) in [7, 11) is 0. The van der Waals surface area contributed by atoms with Gasteiger partial charge in [0.25, 0.3) is 0 Å². The number of fused-ring (bicyclic) bond motifs is 1. The van der Waals surface area contributed by atoms with E-state index in [9.17, 15) is 18.0 Å². The number of aromatic nitrogens is 1. The van der Waals surface area contributed by atoms with Crippen LogP contribution in [-0.4, -0.2) is 28.9 Å². The number of likely N-dealkylation sites (tertiary alicyclic amines) is 1. The number of benzene rings is 2. The van der Waals surface area contributed by atoms with Gasteiger partial charge in [0.15, 0.2) is 0 Å². The summed E-state index contributed by atoms with van der Waals surface area (Å²) < 4.78 is 41.8. The Morgan fingerprint density at radius 1 is 1.03 bits per heavy atom. The Hall–Kier alpha value is -2.76. The molecule has 0 bridgehead atoms. The highest BCUT2D eigenvalue weighted by Crippen LogP contribution is 2.37. The average molecular weight is 398 g/mol. The van der Waals surface area contributed by atoms with Crippen LogP contribution in [0.2, 0.25) is 0 Å². The number of carbonyl (C=O) groups is 1. The van der Waals surface area contributed by atoms with Crippen molar-refractivity contribution < 1.29 is 18.0 Å². The topological polar surface area (TPSA) is 36.1 Å². The lowest BCUT2D eigenvalue weighted by molar-refractivity contribution is -0.131. The van der Waals surface area contributed by atoms with Crippen LogP contribution in [0.4, 0.5) is 13.2 Å². The quantitative estimate of drug-likeness (QED) is 0.656. The van der Waals surface area contributed by atoms with Crippen molar-refractivity contribution in [1.29, 1.82) is 0 Å². The first-order chi connectivity index (χ1) is 14.0. The molecule has 2 fully saturated rings. The summed E-state index contributed by atoms with van der Waals surface area (Å²) in [5.74, 6) is -0.970. The maximum absolute atomic E-state index is 14.4. The predicted octanol–water partition coefficient (Wildman–Crippen LogP) is 5.05. The van der Waals surface area contributed by atoms with Gasteiger partial charge >= 0.3 is 0 Å². The molecule has 3 nitrogen and oxygen atoms in total. The maximum atomic E-state index is 14.4. The molecule has 1 saturated heterocycles. The third-order valence-corrected chi connectivity index (χ3v) is 6.08. The predicted molar refractivity (Wildman–Crippen MR) is 105 cm³/mol. The number of nitrogens with zero attached hydrogens (tertiary/aromatic N) is 1. The van der Waals surface area contributed by atoms with Crippen LogP contribution in [0, 0.1) is 29.3 Å². The Balaban J connectivity index is 1.52. The van der Waals surface area contributed by atoms with Crippen LogP contribution < -0.4 is 0 Å². The largest absolute Gasteiger partial charge is 0.352 e. The summed E-state index contributed by atoms with van der Waals surface area (Å²) in [6.45, 7) is 1.40. The van der Waals surface area contributed by atoms with Gasteiger partial charge in [-0.05, 0) is 73.1 Å². The number of hydrogen-bond donors (Lipinski definition) is 1. The average Bonchev–Trinajstić information content (AvgIpc) is 3.34. The molecule has 29 heavy (non-hydrogen) atoms. The first-order valence-corrected chi connectivity index (χ1v) is 10.0. The van der Waals surface area contributed by atoms with Gasteiger partial charge < -0.3 is 9.88 Å². The number of H-pyrrole nitrogens is 1. The van der Waals surface area contributed by atoms with E-state index in [0.29, 0.717) is 24.0 Å². The fraction of sp³-hybridized carbons (Fsp3) is 0.348. The Labute approximate surface area is 166 Å². The molecule has 2 heterocycles. The van der Waals surface area contributed by atoms with E-state index in [1.165, 1.54) is 18.2 Å². The number of carbonyl (C=O) groups excluding carboxylic acids is 1. The number of rotatable bonds is 4. The van der Waals surface area contributed by atoms with Gasteiger partial charge in [-0.1, -0.05) is 0 Å². The molecule has 3 aromatic rings. The highest BCUT2D eigenvalue weighted by atomic mass is 19.1. The van der Waals surface area contributed by atoms with Gasteiger partial charge in [0.1, 0.15) is 17.5 Å². The van der Waals surface area contributed by atoms with E-state index in [0.717, 1.165) is 43.0 Å². The Kier molecular flexibility index (Phi) is 4.37. The number of hydrogen-bond acceptors (Lipinski definition) is 1. The fourth-order valence-electron chi connectivity index (χ4n) is 4.43. The van der Waals surface area contributed by atoms with Crippen molar-refractivity contribution in [3.63, 3.8) is 0 Å². The second-order valence-electron chi connectivity index (χ2n) is 8.21. The minimum Gasteiger partial charge on any atom is -0.352 e. The number of amides is 1. The number of nitrogens with one attached hydrogen (secondary N) is 1. The van der Waals surface area contributed by atoms with E-state index in [4.69, 9.17) is 0 Å². The lowest BCUT2D eigenvalue weighted by atomic mass is 9.94. The molecule has 1 amide bonds. The van der Waals surface area contributed by atoms with Crippen molar-refractivity contribution in [3.05, 3.63) is 59.4 Å². The molecule has 6 heteroatoms. The van der Waals surface area contributed by atoms with Crippen molar-refractivity contribution in [1.82, 2.24) is 9.88 Å². The third-order valence-electron chi connectivity index (χ3n) is 6.08. The first kappa shape index (κ1) is 18.3. The van der Waals surface area contributed by atoms with Gasteiger partial charge in [0, 0.05) is 36.2 Å². The zero-order valence-electron chi connectivity index (χ0n) is 15.9. The van der Waals surface area contributed by atoms with Crippen LogP contribution in [0.3, 0.4) is 0 Å². The Morgan fingerprint density at radius 2 is 1.79 bits per heavy atom. The molecule has 1 N–H and O–H groups in total. The Morgan fingerprint density at radius 3 is 2.52 bits per heavy atom. The van der Waals surface area contributed by atoms with Crippen LogP contribution in [0.5, 0.6) is 0 Å². The maximum Gasteiger partial charge on any atom is 0.225 e. The molecular formula is C23H21F3N2O. The second kappa shape index (κ2) is 6.94. The van der Waals surface area contributed by atoms with Crippen LogP contribution in [-0.2, 0) is 11.2 Å². The smallest absolute Gasteiger partial charge is 0.225 e. The molecule has 150 valence electrons. The minimum absolute atomic E-state index is 0.194. The van der Waals surface area contributed by atoms with E-state index >= 15 is 0 Å². The van der Waals surface area contributed by atoms with Gasteiger partial charge in [0.05, 0.1) is 5.52 Å². The third kappa shape index (κ3) is 3.41. The molecule has 1 unspecified atom stereocenters. The minimum atomic E-state index is -0.647. The fourth-order valence-corrected chi connectivity index (χ4v) is 4.43. The van der Waals surface area contributed by atoms with Crippen molar-refractivity contribution >= 4 is 16.8 Å². The molecule has 0 spiro atoms. The highest BCUT2D eigenvalue weighted by Gasteiger charge is 2.37. The van der Waals surface area contributed by atoms with Crippen LogP contribution in [0.1, 0.15) is 24.8 Å². The van der Waals surface area contributed by atoms with Crippen LogP contribution in [0.15, 0.2) is 36.4 Å². The molecule has 1 aliphatic heterocycles. The Bertz CT molecular complexity index is 1090. The van der Waals surface area contributed by atoms with E-state index in [1.54, 1.807) is 12.1 Å². The summed E-state index contributed by atoms with van der Waals surface area (Å²) in [5, 5.41) is 0.508. The van der Waals surface area contributed by atoms with Crippen molar-refractivity contribution in [3.8, 4) is 11.3 Å². The second-order valence-corrected chi connectivity index (χ2v) is 8.21. The number of aromatic amines is 1. The molecular weight excluding hydrogens is 377 g/mol. The molecule has 2 aliphatic rings.